The first-order valence-electron chi connectivity index (χ1n) is 10.0. The third kappa shape index (κ3) is 6.72. The van der Waals surface area contributed by atoms with Crippen LogP contribution in [0.5, 0.6) is 5.75 Å². The van der Waals surface area contributed by atoms with E-state index in [2.05, 4.69) is 24.3 Å². The second-order valence-corrected chi connectivity index (χ2v) is 7.26. The molecule has 2 N–H and O–H groups in total. The molecule has 30 heavy (non-hydrogen) atoms. The van der Waals surface area contributed by atoms with Crippen molar-refractivity contribution in [2.24, 2.45) is 0 Å². The van der Waals surface area contributed by atoms with E-state index in [0.717, 1.165) is 13.1 Å². The average Bonchev–Trinajstić information content (AvgIpc) is 2.79. The Morgan fingerprint density at radius 1 is 0.867 bits per heavy atom. The van der Waals surface area contributed by atoms with Gasteiger partial charge in [0, 0.05) is 11.1 Å². The van der Waals surface area contributed by atoms with Crippen molar-refractivity contribution in [2.75, 3.05) is 20.3 Å². The zero-order valence-corrected chi connectivity index (χ0v) is 17.2. The van der Waals surface area contributed by atoms with Crippen LogP contribution >= 0.6 is 0 Å². The van der Waals surface area contributed by atoms with E-state index in [1.807, 2.05) is 36.4 Å². The highest BCUT2D eigenvalue weighted by molar-refractivity contribution is 5.89. The van der Waals surface area contributed by atoms with Crippen molar-refractivity contribution >= 4 is 5.97 Å². The number of carbonyl (C=O) groups is 1. The number of hydrogen-bond acceptors (Lipinski definition) is 4. The summed E-state index contributed by atoms with van der Waals surface area (Å²) in [6.45, 7) is 2.38. The first kappa shape index (κ1) is 21.6. The molecule has 0 fully saturated rings. The van der Waals surface area contributed by atoms with Crippen molar-refractivity contribution < 1.29 is 24.3 Å². The molecule has 0 aliphatic heterocycles. The van der Waals surface area contributed by atoms with Gasteiger partial charge in [0.05, 0.1) is 12.7 Å². The van der Waals surface area contributed by atoms with E-state index in [9.17, 15) is 9.90 Å². The predicted octanol–water partition coefficient (Wildman–Crippen LogP) is 2.50. The normalized spacial score (nSPS) is 11.8. The maximum absolute atomic E-state index is 11.5. The van der Waals surface area contributed by atoms with E-state index in [0.29, 0.717) is 17.9 Å². The van der Waals surface area contributed by atoms with Crippen LogP contribution < -0.4 is 9.64 Å². The van der Waals surface area contributed by atoms with E-state index < -0.39 is 6.10 Å². The molecule has 0 unspecified atom stereocenters. The number of aliphatic hydroxyl groups excluding tert-OH is 1. The van der Waals surface area contributed by atoms with Gasteiger partial charge in [-0.25, -0.2) is 4.79 Å². The van der Waals surface area contributed by atoms with Crippen LogP contribution in [0.3, 0.4) is 0 Å². The molecule has 3 aromatic carbocycles. The summed E-state index contributed by atoms with van der Waals surface area (Å²) in [5.41, 5.74) is 2.93. The SMILES string of the molecule is COC(=O)c1ccc(OC[C@H](O)C[NH+](Cc2ccccc2)Cc2ccccc2)cc1. The van der Waals surface area contributed by atoms with E-state index in [4.69, 9.17) is 9.47 Å². The molecule has 0 amide bonds. The van der Waals surface area contributed by atoms with Crippen LogP contribution in [-0.4, -0.2) is 37.4 Å². The van der Waals surface area contributed by atoms with E-state index in [-0.39, 0.29) is 12.6 Å². The first-order chi connectivity index (χ1) is 14.6. The number of ether oxygens (including phenoxy) is 2. The zero-order valence-electron chi connectivity index (χ0n) is 17.2. The summed E-state index contributed by atoms with van der Waals surface area (Å²) in [4.78, 5) is 12.8. The van der Waals surface area contributed by atoms with Gasteiger partial charge in [0.15, 0.2) is 0 Å². The zero-order chi connectivity index (χ0) is 21.2. The number of esters is 1. The Hall–Kier alpha value is -3.15. The summed E-state index contributed by atoms with van der Waals surface area (Å²) in [6, 6.07) is 27.3. The molecule has 3 rings (SSSR count). The number of nitrogens with one attached hydrogen (secondary N) is 1. The number of aliphatic hydroxyl groups is 1. The lowest BCUT2D eigenvalue weighted by Crippen LogP contribution is -3.10. The highest BCUT2D eigenvalue weighted by Gasteiger charge is 2.17. The topological polar surface area (TPSA) is 60.2 Å². The fourth-order valence-corrected chi connectivity index (χ4v) is 3.37. The molecule has 1 atom stereocenters. The van der Waals surface area contributed by atoms with E-state index in [1.54, 1.807) is 24.3 Å². The third-order valence-corrected chi connectivity index (χ3v) is 4.84. The van der Waals surface area contributed by atoms with Gasteiger partial charge in [-0.05, 0) is 24.3 Å². The van der Waals surface area contributed by atoms with E-state index in [1.165, 1.54) is 23.1 Å². The van der Waals surface area contributed by atoms with Gasteiger partial charge in [-0.2, -0.15) is 0 Å². The van der Waals surface area contributed by atoms with Gasteiger partial charge in [0.25, 0.3) is 0 Å². The number of hydrogen-bond donors (Lipinski definition) is 2. The Labute approximate surface area is 177 Å². The van der Waals surface area contributed by atoms with Crippen LogP contribution in [0.1, 0.15) is 21.5 Å². The fraction of sp³-hybridized carbons (Fsp3) is 0.240. The summed E-state index contributed by atoms with van der Waals surface area (Å²) >= 11 is 0. The largest absolute Gasteiger partial charge is 0.491 e. The lowest BCUT2D eigenvalue weighted by molar-refractivity contribution is -0.930. The highest BCUT2D eigenvalue weighted by atomic mass is 16.5. The molecule has 0 heterocycles. The van der Waals surface area contributed by atoms with Crippen LogP contribution in [0, 0.1) is 0 Å². The van der Waals surface area contributed by atoms with Crippen molar-refractivity contribution in [1.29, 1.82) is 0 Å². The van der Waals surface area contributed by atoms with Crippen molar-refractivity contribution in [1.82, 2.24) is 0 Å². The standard InChI is InChI=1S/C25H27NO4/c1-29-25(28)22-12-14-24(15-13-22)30-19-23(27)18-26(16-20-8-4-2-5-9-20)17-21-10-6-3-7-11-21/h2-15,23,27H,16-19H2,1H3/p+1/t23-/m1/s1. The van der Waals surface area contributed by atoms with Gasteiger partial charge in [0.2, 0.25) is 0 Å². The summed E-state index contributed by atoms with van der Waals surface area (Å²) in [5, 5.41) is 10.6. The van der Waals surface area contributed by atoms with Gasteiger partial charge in [0.1, 0.15) is 38.1 Å². The summed E-state index contributed by atoms with van der Waals surface area (Å²) in [7, 11) is 1.35. The van der Waals surface area contributed by atoms with Gasteiger partial charge >= 0.3 is 5.97 Å². The number of rotatable bonds is 10. The molecule has 0 bridgehead atoms. The molecule has 0 radical (unpaired) electrons. The maximum Gasteiger partial charge on any atom is 0.337 e. The number of carbonyl (C=O) groups excluding carboxylic acids is 1. The summed E-state index contributed by atoms with van der Waals surface area (Å²) in [5.74, 6) is 0.219. The molecule has 5 heteroatoms. The van der Waals surface area contributed by atoms with Gasteiger partial charge in [-0.3, -0.25) is 0 Å². The minimum Gasteiger partial charge on any atom is -0.491 e. The fourth-order valence-electron chi connectivity index (χ4n) is 3.37. The van der Waals surface area contributed by atoms with Crippen molar-refractivity contribution in [3.8, 4) is 5.75 Å². The molecule has 0 aromatic heterocycles. The quantitative estimate of drug-likeness (QED) is 0.508. The molecule has 0 aliphatic rings. The minimum atomic E-state index is -0.618. The summed E-state index contributed by atoms with van der Waals surface area (Å²) < 4.78 is 10.4. The molecule has 3 aromatic rings. The van der Waals surface area contributed by atoms with Crippen LogP contribution in [0.4, 0.5) is 0 Å². The number of methoxy groups -OCH3 is 1. The van der Waals surface area contributed by atoms with Crippen molar-refractivity contribution in [3.63, 3.8) is 0 Å². The van der Waals surface area contributed by atoms with Crippen LogP contribution in [0.2, 0.25) is 0 Å². The number of benzene rings is 3. The first-order valence-corrected chi connectivity index (χ1v) is 10.0. The Balaban J connectivity index is 1.58. The number of quaternary nitrogens is 1. The minimum absolute atomic E-state index is 0.185. The molecule has 0 saturated carbocycles. The average molecular weight is 407 g/mol. The van der Waals surface area contributed by atoms with E-state index >= 15 is 0 Å². The highest BCUT2D eigenvalue weighted by Crippen LogP contribution is 2.13. The van der Waals surface area contributed by atoms with Gasteiger partial charge in [-0.15, -0.1) is 0 Å². The molecular weight excluding hydrogens is 378 g/mol. The smallest absolute Gasteiger partial charge is 0.337 e. The van der Waals surface area contributed by atoms with Crippen molar-refractivity contribution in [2.45, 2.75) is 19.2 Å². The molecule has 5 nitrogen and oxygen atoms in total. The molecule has 156 valence electrons. The Bertz CT molecular complexity index is 856. The maximum atomic E-state index is 11.5. The Kier molecular flexibility index (Phi) is 8.01. The third-order valence-electron chi connectivity index (χ3n) is 4.84. The van der Waals surface area contributed by atoms with Crippen LogP contribution in [0.25, 0.3) is 0 Å². The second-order valence-electron chi connectivity index (χ2n) is 7.26. The van der Waals surface area contributed by atoms with Gasteiger partial charge in [-0.1, -0.05) is 60.7 Å². The predicted molar refractivity (Wildman–Crippen MR) is 115 cm³/mol. The summed E-state index contributed by atoms with van der Waals surface area (Å²) in [6.07, 6.45) is -0.618. The van der Waals surface area contributed by atoms with Gasteiger partial charge < -0.3 is 19.5 Å². The second kappa shape index (κ2) is 11.1. The van der Waals surface area contributed by atoms with Crippen LogP contribution in [0.15, 0.2) is 84.9 Å². The lowest BCUT2D eigenvalue weighted by Gasteiger charge is -2.23. The molecule has 0 aliphatic carbocycles. The Morgan fingerprint density at radius 3 is 1.90 bits per heavy atom. The molecule has 0 spiro atoms. The lowest BCUT2D eigenvalue weighted by atomic mass is 10.1. The monoisotopic (exact) mass is 406 g/mol. The molecular formula is C25H28NO4+. The van der Waals surface area contributed by atoms with Crippen molar-refractivity contribution in [3.05, 3.63) is 102 Å². The van der Waals surface area contributed by atoms with Crippen LogP contribution in [-0.2, 0) is 17.8 Å². The molecule has 0 saturated heterocycles. The Morgan fingerprint density at radius 2 is 1.40 bits per heavy atom.